The second kappa shape index (κ2) is 6.26. The molecule has 0 bridgehead atoms. The van der Waals surface area contributed by atoms with E-state index in [1.54, 1.807) is 11.1 Å². The molecule has 3 rings (SSSR count). The Kier molecular flexibility index (Phi) is 4.30. The lowest BCUT2D eigenvalue weighted by Gasteiger charge is -2.29. The average molecular weight is 328 g/mol. The maximum Gasteiger partial charge on any atom is 0.410 e. The summed E-state index contributed by atoms with van der Waals surface area (Å²) in [5.74, 6) is 0. The van der Waals surface area contributed by atoms with Crippen LogP contribution in [0.4, 0.5) is 4.79 Å². The number of rotatable bonds is 2. The Labute approximate surface area is 142 Å². The molecule has 24 heavy (non-hydrogen) atoms. The van der Waals surface area contributed by atoms with Gasteiger partial charge >= 0.3 is 6.09 Å². The van der Waals surface area contributed by atoms with E-state index >= 15 is 0 Å². The van der Waals surface area contributed by atoms with E-state index in [4.69, 9.17) is 4.74 Å². The average Bonchev–Trinajstić information content (AvgIpc) is 2.95. The van der Waals surface area contributed by atoms with Gasteiger partial charge in [-0.25, -0.2) is 9.78 Å². The van der Waals surface area contributed by atoms with Crippen LogP contribution in [-0.4, -0.2) is 44.1 Å². The van der Waals surface area contributed by atoms with Crippen LogP contribution in [0.5, 0.6) is 0 Å². The summed E-state index contributed by atoms with van der Waals surface area (Å²) in [6.45, 7) is 8.92. The Morgan fingerprint density at radius 1 is 1.33 bits per heavy atom. The maximum atomic E-state index is 12.1. The summed E-state index contributed by atoms with van der Waals surface area (Å²) in [5.41, 5.74) is 3.55. The summed E-state index contributed by atoms with van der Waals surface area (Å²) in [7, 11) is 0. The van der Waals surface area contributed by atoms with Gasteiger partial charge in [0.2, 0.25) is 0 Å². The first-order chi connectivity index (χ1) is 11.4. The van der Waals surface area contributed by atoms with E-state index < -0.39 is 5.60 Å². The quantitative estimate of drug-likeness (QED) is 0.848. The number of fused-ring (bicyclic) bond motifs is 1. The normalized spacial score (nSPS) is 15.5. The number of imidazole rings is 1. The minimum Gasteiger partial charge on any atom is -0.444 e. The summed E-state index contributed by atoms with van der Waals surface area (Å²) in [5, 5.41) is 0. The van der Waals surface area contributed by atoms with Crippen LogP contribution in [0.25, 0.3) is 11.2 Å². The smallest absolute Gasteiger partial charge is 0.410 e. The fraction of sp³-hybridized carbons (Fsp3) is 0.500. The Bertz CT molecular complexity index is 786. The molecule has 0 aromatic carbocycles. The second-order valence-electron chi connectivity index (χ2n) is 7.03. The molecule has 0 saturated carbocycles. The molecule has 6 heteroatoms. The Hall–Kier alpha value is -2.37. The van der Waals surface area contributed by atoms with Crippen LogP contribution >= 0.6 is 0 Å². The standard InChI is InChI=1S/C18H24N4O2/c1-5-14-11-22-12-15(19-10-16(22)20-14)13-6-8-21(9-7-13)17(23)24-18(2,3)4/h6,10-12H,5,7-9H2,1-4H3. The maximum absolute atomic E-state index is 12.1. The van der Waals surface area contributed by atoms with Crippen LogP contribution < -0.4 is 0 Å². The van der Waals surface area contributed by atoms with E-state index in [0.29, 0.717) is 13.1 Å². The highest BCUT2D eigenvalue weighted by Crippen LogP contribution is 2.22. The van der Waals surface area contributed by atoms with Crippen molar-refractivity contribution in [3.8, 4) is 0 Å². The van der Waals surface area contributed by atoms with Crippen LogP contribution in [-0.2, 0) is 11.2 Å². The largest absolute Gasteiger partial charge is 0.444 e. The van der Waals surface area contributed by atoms with E-state index in [-0.39, 0.29) is 6.09 Å². The molecule has 3 heterocycles. The zero-order valence-electron chi connectivity index (χ0n) is 14.7. The minimum absolute atomic E-state index is 0.261. The Morgan fingerprint density at radius 3 is 2.75 bits per heavy atom. The molecular weight excluding hydrogens is 304 g/mol. The van der Waals surface area contributed by atoms with Crippen molar-refractivity contribution in [2.24, 2.45) is 0 Å². The van der Waals surface area contributed by atoms with Crippen LogP contribution in [0.15, 0.2) is 24.7 Å². The molecular formula is C18H24N4O2. The second-order valence-corrected chi connectivity index (χ2v) is 7.03. The van der Waals surface area contributed by atoms with Crippen LogP contribution in [0.3, 0.4) is 0 Å². The molecule has 2 aromatic heterocycles. The highest BCUT2D eigenvalue weighted by molar-refractivity contribution is 5.71. The van der Waals surface area contributed by atoms with E-state index in [1.165, 1.54) is 0 Å². The van der Waals surface area contributed by atoms with E-state index in [1.807, 2.05) is 37.6 Å². The van der Waals surface area contributed by atoms with Gasteiger partial charge in [0.05, 0.1) is 17.6 Å². The predicted octanol–water partition coefficient (Wildman–Crippen LogP) is 3.32. The molecule has 128 valence electrons. The van der Waals surface area contributed by atoms with Crippen molar-refractivity contribution in [3.63, 3.8) is 0 Å². The fourth-order valence-electron chi connectivity index (χ4n) is 2.68. The van der Waals surface area contributed by atoms with Gasteiger partial charge < -0.3 is 14.0 Å². The van der Waals surface area contributed by atoms with Gasteiger partial charge in [-0.1, -0.05) is 13.0 Å². The fourth-order valence-corrected chi connectivity index (χ4v) is 2.68. The molecule has 0 aliphatic carbocycles. The zero-order chi connectivity index (χ0) is 17.3. The van der Waals surface area contributed by atoms with Crippen molar-refractivity contribution in [2.75, 3.05) is 13.1 Å². The third kappa shape index (κ3) is 3.58. The lowest BCUT2D eigenvalue weighted by Crippen LogP contribution is -2.39. The number of carbonyl (C=O) groups excluding carboxylic acids is 1. The van der Waals surface area contributed by atoms with Crippen LogP contribution in [0.2, 0.25) is 0 Å². The number of ether oxygens (including phenoxy) is 1. The number of aryl methyl sites for hydroxylation is 1. The third-order valence-electron chi connectivity index (χ3n) is 3.94. The van der Waals surface area contributed by atoms with Gasteiger partial charge in [-0.05, 0) is 39.2 Å². The van der Waals surface area contributed by atoms with Gasteiger partial charge in [-0.15, -0.1) is 0 Å². The van der Waals surface area contributed by atoms with Crippen molar-refractivity contribution in [3.05, 3.63) is 36.1 Å². The zero-order valence-corrected chi connectivity index (χ0v) is 14.7. The van der Waals surface area contributed by atoms with Gasteiger partial charge in [-0.3, -0.25) is 4.98 Å². The predicted molar refractivity (Wildman–Crippen MR) is 92.8 cm³/mol. The van der Waals surface area contributed by atoms with Crippen molar-refractivity contribution in [2.45, 2.75) is 46.1 Å². The van der Waals surface area contributed by atoms with Crippen molar-refractivity contribution in [1.29, 1.82) is 0 Å². The summed E-state index contributed by atoms with van der Waals surface area (Å²) in [6.07, 6.45) is 9.32. The van der Waals surface area contributed by atoms with E-state index in [0.717, 1.165) is 35.4 Å². The highest BCUT2D eigenvalue weighted by atomic mass is 16.6. The van der Waals surface area contributed by atoms with E-state index in [9.17, 15) is 4.79 Å². The number of amides is 1. The monoisotopic (exact) mass is 328 g/mol. The van der Waals surface area contributed by atoms with Crippen molar-refractivity contribution in [1.82, 2.24) is 19.3 Å². The minimum atomic E-state index is -0.466. The Balaban J connectivity index is 1.74. The van der Waals surface area contributed by atoms with Gasteiger partial charge in [0.15, 0.2) is 5.65 Å². The summed E-state index contributed by atoms with van der Waals surface area (Å²) in [4.78, 5) is 22.9. The number of hydrogen-bond acceptors (Lipinski definition) is 4. The molecule has 1 aliphatic rings. The third-order valence-corrected chi connectivity index (χ3v) is 3.94. The number of carbonyl (C=O) groups is 1. The first-order valence-corrected chi connectivity index (χ1v) is 8.36. The first-order valence-electron chi connectivity index (χ1n) is 8.36. The molecule has 1 aliphatic heterocycles. The molecule has 0 saturated heterocycles. The van der Waals surface area contributed by atoms with Crippen LogP contribution in [0.1, 0.15) is 45.5 Å². The Morgan fingerprint density at radius 2 is 2.12 bits per heavy atom. The van der Waals surface area contributed by atoms with Gasteiger partial charge in [0.25, 0.3) is 0 Å². The number of aromatic nitrogens is 3. The summed E-state index contributed by atoms with van der Waals surface area (Å²) >= 11 is 0. The highest BCUT2D eigenvalue weighted by Gasteiger charge is 2.24. The topological polar surface area (TPSA) is 59.7 Å². The molecule has 0 unspecified atom stereocenters. The number of nitrogens with zero attached hydrogens (tertiary/aromatic N) is 4. The molecule has 0 spiro atoms. The van der Waals surface area contributed by atoms with Gasteiger partial charge in [0, 0.05) is 25.5 Å². The molecule has 0 N–H and O–H groups in total. The van der Waals surface area contributed by atoms with E-state index in [2.05, 4.69) is 23.0 Å². The van der Waals surface area contributed by atoms with Gasteiger partial charge in [0.1, 0.15) is 5.60 Å². The van der Waals surface area contributed by atoms with Crippen molar-refractivity contribution >= 4 is 17.3 Å². The molecule has 0 atom stereocenters. The molecule has 0 fully saturated rings. The molecule has 2 aromatic rings. The number of hydrogen-bond donors (Lipinski definition) is 0. The van der Waals surface area contributed by atoms with Crippen LogP contribution in [0, 0.1) is 0 Å². The summed E-state index contributed by atoms with van der Waals surface area (Å²) < 4.78 is 7.44. The van der Waals surface area contributed by atoms with Crippen molar-refractivity contribution < 1.29 is 9.53 Å². The lowest BCUT2D eigenvalue weighted by molar-refractivity contribution is 0.0270. The first kappa shape index (κ1) is 16.5. The molecule has 1 amide bonds. The molecule has 6 nitrogen and oxygen atoms in total. The lowest BCUT2D eigenvalue weighted by atomic mass is 10.1. The SMILES string of the molecule is CCc1cn2cc(C3=CCN(C(=O)OC(C)(C)C)CC3)ncc2n1. The summed E-state index contributed by atoms with van der Waals surface area (Å²) in [6, 6.07) is 0. The molecule has 0 radical (unpaired) electrons. The van der Waals surface area contributed by atoms with Gasteiger partial charge in [-0.2, -0.15) is 0 Å².